The fourth-order valence-corrected chi connectivity index (χ4v) is 3.79. The fourth-order valence-electron chi connectivity index (χ4n) is 2.72. The number of hydrogen-bond acceptors (Lipinski definition) is 7. The Bertz CT molecular complexity index is 886. The Morgan fingerprint density at radius 3 is 2.76 bits per heavy atom. The smallest absolute Gasteiger partial charge is 0.192 e. The predicted molar refractivity (Wildman–Crippen MR) is 91.8 cm³/mol. The highest BCUT2D eigenvalue weighted by Crippen LogP contribution is 2.36. The third-order valence-corrected chi connectivity index (χ3v) is 5.24. The molecule has 0 radical (unpaired) electrons. The van der Waals surface area contributed by atoms with Crippen molar-refractivity contribution in [3.05, 3.63) is 47.1 Å². The normalized spacial score (nSPS) is 16.2. The van der Waals surface area contributed by atoms with E-state index in [2.05, 4.69) is 15.4 Å². The van der Waals surface area contributed by atoms with Gasteiger partial charge < -0.3 is 18.6 Å². The van der Waals surface area contributed by atoms with Gasteiger partial charge in [-0.25, -0.2) is 0 Å². The minimum Gasteiger partial charge on any atom is -0.485 e. The molecule has 4 rings (SSSR count). The van der Waals surface area contributed by atoms with Crippen molar-refractivity contribution in [3.63, 3.8) is 0 Å². The molecular formula is C17H18N4O3S. The summed E-state index contributed by atoms with van der Waals surface area (Å²) in [4.78, 5) is 0. The topological polar surface area (TPSA) is 75.2 Å². The molecule has 1 unspecified atom stereocenters. The number of para-hydroxylation sites is 2. The summed E-state index contributed by atoms with van der Waals surface area (Å²) in [6.45, 7) is 4.28. The van der Waals surface area contributed by atoms with Crippen LogP contribution in [0.15, 0.2) is 33.9 Å². The Morgan fingerprint density at radius 2 is 2.00 bits per heavy atom. The van der Waals surface area contributed by atoms with Crippen molar-refractivity contribution in [2.24, 2.45) is 7.05 Å². The van der Waals surface area contributed by atoms with Crippen molar-refractivity contribution < 1.29 is 14.0 Å². The molecule has 3 heterocycles. The number of fused-ring (bicyclic) bond motifs is 1. The van der Waals surface area contributed by atoms with Crippen molar-refractivity contribution in [3.8, 4) is 11.5 Å². The van der Waals surface area contributed by atoms with Crippen molar-refractivity contribution in [2.45, 2.75) is 30.9 Å². The molecule has 1 aromatic carbocycles. The van der Waals surface area contributed by atoms with E-state index in [1.165, 1.54) is 0 Å². The molecule has 1 aliphatic rings. The van der Waals surface area contributed by atoms with Crippen molar-refractivity contribution in [2.75, 3.05) is 6.61 Å². The van der Waals surface area contributed by atoms with Crippen LogP contribution in [0.5, 0.6) is 11.5 Å². The van der Waals surface area contributed by atoms with Gasteiger partial charge in [0.15, 0.2) is 28.6 Å². The van der Waals surface area contributed by atoms with Gasteiger partial charge >= 0.3 is 0 Å². The Kier molecular flexibility index (Phi) is 4.12. The molecule has 1 aliphatic heterocycles. The van der Waals surface area contributed by atoms with Gasteiger partial charge in [-0.3, -0.25) is 0 Å². The highest BCUT2D eigenvalue weighted by molar-refractivity contribution is 7.98. The van der Waals surface area contributed by atoms with E-state index in [0.29, 0.717) is 6.61 Å². The van der Waals surface area contributed by atoms with Crippen LogP contribution in [0, 0.1) is 13.8 Å². The molecule has 0 N–H and O–H groups in total. The molecule has 0 saturated heterocycles. The second kappa shape index (κ2) is 6.44. The summed E-state index contributed by atoms with van der Waals surface area (Å²) in [5.74, 6) is 3.81. The monoisotopic (exact) mass is 358 g/mol. The van der Waals surface area contributed by atoms with E-state index >= 15 is 0 Å². The molecule has 8 heteroatoms. The van der Waals surface area contributed by atoms with E-state index in [1.54, 1.807) is 11.8 Å². The highest BCUT2D eigenvalue weighted by atomic mass is 32.2. The molecule has 0 bridgehead atoms. The van der Waals surface area contributed by atoms with Gasteiger partial charge in [0.2, 0.25) is 0 Å². The summed E-state index contributed by atoms with van der Waals surface area (Å²) in [5.41, 5.74) is 2.01. The lowest BCUT2D eigenvalue weighted by Crippen LogP contribution is -2.24. The average molecular weight is 358 g/mol. The molecule has 1 atom stereocenters. The summed E-state index contributed by atoms with van der Waals surface area (Å²) >= 11 is 1.60. The van der Waals surface area contributed by atoms with Gasteiger partial charge in [0.1, 0.15) is 12.4 Å². The number of aryl methyl sites for hydroxylation is 2. The molecule has 3 aromatic rings. The lowest BCUT2D eigenvalue weighted by atomic mass is 10.2. The SMILES string of the molecule is Cc1noc(C)c1CSc1nnc(C2COc3ccccc3O2)n1C. The number of hydrogen-bond donors (Lipinski definition) is 0. The van der Waals surface area contributed by atoms with E-state index in [0.717, 1.165) is 45.3 Å². The van der Waals surface area contributed by atoms with Crippen LogP contribution >= 0.6 is 11.8 Å². The summed E-state index contributed by atoms with van der Waals surface area (Å²) in [5, 5.41) is 13.4. The quantitative estimate of drug-likeness (QED) is 0.663. The van der Waals surface area contributed by atoms with E-state index in [4.69, 9.17) is 14.0 Å². The van der Waals surface area contributed by atoms with Crippen LogP contribution in [-0.4, -0.2) is 26.5 Å². The Balaban J connectivity index is 1.50. The van der Waals surface area contributed by atoms with Gasteiger partial charge in [0, 0.05) is 18.4 Å². The Labute approximate surface area is 149 Å². The molecule has 0 saturated carbocycles. The van der Waals surface area contributed by atoms with Gasteiger partial charge in [-0.15, -0.1) is 10.2 Å². The van der Waals surface area contributed by atoms with Crippen LogP contribution in [0.3, 0.4) is 0 Å². The van der Waals surface area contributed by atoms with Crippen LogP contribution < -0.4 is 9.47 Å². The van der Waals surface area contributed by atoms with Gasteiger partial charge in [0.05, 0.1) is 5.69 Å². The van der Waals surface area contributed by atoms with Gasteiger partial charge in [-0.2, -0.15) is 0 Å². The number of nitrogens with zero attached hydrogens (tertiary/aromatic N) is 4. The van der Waals surface area contributed by atoms with Gasteiger partial charge in [-0.05, 0) is 26.0 Å². The zero-order valence-electron chi connectivity index (χ0n) is 14.2. The van der Waals surface area contributed by atoms with Crippen LogP contribution in [0.1, 0.15) is 28.9 Å². The fraction of sp³-hybridized carbons (Fsp3) is 0.353. The predicted octanol–water partition coefficient (Wildman–Crippen LogP) is 3.22. The van der Waals surface area contributed by atoms with Crippen LogP contribution in [0.4, 0.5) is 0 Å². The van der Waals surface area contributed by atoms with Gasteiger partial charge in [-0.1, -0.05) is 29.1 Å². The number of thioether (sulfide) groups is 1. The number of ether oxygens (including phenoxy) is 2. The van der Waals surface area contributed by atoms with Gasteiger partial charge in [0.25, 0.3) is 0 Å². The first-order chi connectivity index (χ1) is 12.1. The number of benzene rings is 1. The maximum atomic E-state index is 6.02. The van der Waals surface area contributed by atoms with E-state index in [-0.39, 0.29) is 6.10 Å². The van der Waals surface area contributed by atoms with E-state index in [1.807, 2.05) is 49.7 Å². The van der Waals surface area contributed by atoms with Crippen LogP contribution in [0.2, 0.25) is 0 Å². The van der Waals surface area contributed by atoms with E-state index < -0.39 is 0 Å². The second-order valence-corrected chi connectivity index (χ2v) is 6.80. The standard InChI is InChI=1S/C17H18N4O3S/c1-10-12(11(2)24-20-10)9-25-17-19-18-16(21(17)3)15-8-22-13-6-4-5-7-14(13)23-15/h4-7,15H,8-9H2,1-3H3. The molecule has 0 amide bonds. The van der Waals surface area contributed by atoms with Crippen molar-refractivity contribution in [1.82, 2.24) is 19.9 Å². The molecule has 0 fully saturated rings. The largest absolute Gasteiger partial charge is 0.485 e. The summed E-state index contributed by atoms with van der Waals surface area (Å²) in [7, 11) is 1.94. The molecule has 130 valence electrons. The lowest BCUT2D eigenvalue weighted by Gasteiger charge is -2.25. The first-order valence-electron chi connectivity index (χ1n) is 7.96. The van der Waals surface area contributed by atoms with Crippen LogP contribution in [-0.2, 0) is 12.8 Å². The summed E-state index contributed by atoms with van der Waals surface area (Å²) < 4.78 is 18.9. The molecule has 2 aromatic heterocycles. The molecule has 7 nitrogen and oxygen atoms in total. The minimum absolute atomic E-state index is 0.277. The molecular weight excluding hydrogens is 340 g/mol. The third-order valence-electron chi connectivity index (χ3n) is 4.19. The zero-order chi connectivity index (χ0) is 17.4. The van der Waals surface area contributed by atoms with Crippen molar-refractivity contribution in [1.29, 1.82) is 0 Å². The first kappa shape index (κ1) is 16.0. The number of rotatable bonds is 4. The zero-order valence-corrected chi connectivity index (χ0v) is 15.0. The lowest BCUT2D eigenvalue weighted by molar-refractivity contribution is 0.0825. The average Bonchev–Trinajstić information content (AvgIpc) is 3.15. The Morgan fingerprint density at radius 1 is 1.20 bits per heavy atom. The molecule has 0 aliphatic carbocycles. The molecule has 0 spiro atoms. The Hall–Kier alpha value is -2.48. The first-order valence-corrected chi connectivity index (χ1v) is 8.94. The summed E-state index contributed by atoms with van der Waals surface area (Å²) in [6.07, 6.45) is -0.277. The highest BCUT2D eigenvalue weighted by Gasteiger charge is 2.27. The van der Waals surface area contributed by atoms with E-state index in [9.17, 15) is 0 Å². The molecule has 25 heavy (non-hydrogen) atoms. The maximum absolute atomic E-state index is 6.02. The van der Waals surface area contributed by atoms with Crippen LogP contribution in [0.25, 0.3) is 0 Å². The maximum Gasteiger partial charge on any atom is 0.192 e. The van der Waals surface area contributed by atoms with Crippen molar-refractivity contribution >= 4 is 11.8 Å². The second-order valence-electron chi connectivity index (χ2n) is 5.86. The third kappa shape index (κ3) is 2.97. The number of aromatic nitrogens is 4. The summed E-state index contributed by atoms with van der Waals surface area (Å²) in [6, 6.07) is 7.64. The minimum atomic E-state index is -0.277.